The lowest BCUT2D eigenvalue weighted by atomic mass is 10.1. The first kappa shape index (κ1) is 11.1. The molecule has 1 aromatic carbocycles. The van der Waals surface area contributed by atoms with Crippen molar-refractivity contribution in [2.24, 2.45) is 5.73 Å². The number of nitrogens with zero attached hydrogens (tertiary/aromatic N) is 1. The van der Waals surface area contributed by atoms with Crippen molar-refractivity contribution in [3.8, 4) is 0 Å². The molecule has 3 nitrogen and oxygen atoms in total. The van der Waals surface area contributed by atoms with Crippen molar-refractivity contribution in [3.63, 3.8) is 0 Å². The Kier molecular flexibility index (Phi) is 3.25. The van der Waals surface area contributed by atoms with Crippen LogP contribution in [0.4, 0.5) is 0 Å². The highest BCUT2D eigenvalue weighted by Gasteiger charge is 2.25. The van der Waals surface area contributed by atoms with Crippen LogP contribution >= 0.6 is 0 Å². The number of nitrogens with two attached hydrogens (primary N) is 1. The van der Waals surface area contributed by atoms with Crippen molar-refractivity contribution < 1.29 is 4.79 Å². The van der Waals surface area contributed by atoms with Gasteiger partial charge in [-0.15, -0.1) is 0 Å². The maximum Gasteiger partial charge on any atom is 0.254 e. The van der Waals surface area contributed by atoms with Crippen molar-refractivity contribution >= 4 is 5.91 Å². The number of amides is 1. The predicted molar refractivity (Wildman–Crippen MR) is 64.1 cm³/mol. The highest BCUT2D eigenvalue weighted by molar-refractivity contribution is 5.94. The summed E-state index contributed by atoms with van der Waals surface area (Å²) >= 11 is 0. The van der Waals surface area contributed by atoms with Gasteiger partial charge in [0.05, 0.1) is 0 Å². The molecule has 16 heavy (non-hydrogen) atoms. The minimum atomic E-state index is 0.139. The zero-order chi connectivity index (χ0) is 11.5. The van der Waals surface area contributed by atoms with Crippen molar-refractivity contribution in [1.29, 1.82) is 0 Å². The summed E-state index contributed by atoms with van der Waals surface area (Å²) in [5.41, 5.74) is 7.35. The van der Waals surface area contributed by atoms with E-state index in [1.54, 1.807) is 0 Å². The number of likely N-dealkylation sites (tertiary alicyclic amines) is 1. The summed E-state index contributed by atoms with van der Waals surface area (Å²) in [6.07, 6.45) is 2.23. The molecule has 1 saturated heterocycles. The maximum absolute atomic E-state index is 12.2. The highest BCUT2D eigenvalue weighted by atomic mass is 16.2. The zero-order valence-corrected chi connectivity index (χ0v) is 9.65. The Balaban J connectivity index is 2.19. The van der Waals surface area contributed by atoms with E-state index in [2.05, 4.69) is 6.92 Å². The molecule has 0 saturated carbocycles. The Morgan fingerprint density at radius 3 is 3.00 bits per heavy atom. The van der Waals surface area contributed by atoms with Crippen molar-refractivity contribution in [1.82, 2.24) is 4.90 Å². The summed E-state index contributed by atoms with van der Waals surface area (Å²) in [6.45, 7) is 3.47. The van der Waals surface area contributed by atoms with E-state index in [1.807, 2.05) is 29.2 Å². The van der Waals surface area contributed by atoms with Crippen LogP contribution in [0, 0.1) is 0 Å². The molecule has 1 heterocycles. The number of hydrogen-bond donors (Lipinski definition) is 1. The van der Waals surface area contributed by atoms with E-state index in [4.69, 9.17) is 5.73 Å². The van der Waals surface area contributed by atoms with E-state index in [-0.39, 0.29) is 5.91 Å². The number of carbonyl (C=O) groups is 1. The molecular formula is C13H18N2O. The lowest BCUT2D eigenvalue weighted by molar-refractivity contribution is 0.0747. The summed E-state index contributed by atoms with van der Waals surface area (Å²) in [5, 5.41) is 0. The predicted octanol–water partition coefficient (Wildman–Crippen LogP) is 1.77. The third kappa shape index (κ3) is 2.09. The molecule has 1 aromatic rings. The number of benzene rings is 1. The average Bonchev–Trinajstić information content (AvgIpc) is 2.74. The van der Waals surface area contributed by atoms with Gasteiger partial charge in [0.25, 0.3) is 5.91 Å². The van der Waals surface area contributed by atoms with Crippen LogP contribution in [0.5, 0.6) is 0 Å². The van der Waals surface area contributed by atoms with E-state index in [9.17, 15) is 4.79 Å². The molecular weight excluding hydrogens is 200 g/mol. The van der Waals surface area contributed by atoms with E-state index in [0.29, 0.717) is 12.6 Å². The van der Waals surface area contributed by atoms with Crippen LogP contribution in [0.15, 0.2) is 24.3 Å². The second-order valence-corrected chi connectivity index (χ2v) is 4.39. The normalized spacial score (nSPS) is 20.1. The molecule has 2 N–H and O–H groups in total. The molecule has 0 bridgehead atoms. The van der Waals surface area contributed by atoms with E-state index in [1.165, 1.54) is 0 Å². The Morgan fingerprint density at radius 1 is 1.56 bits per heavy atom. The van der Waals surface area contributed by atoms with Gasteiger partial charge in [0.15, 0.2) is 0 Å². The first-order valence-corrected chi connectivity index (χ1v) is 5.82. The highest BCUT2D eigenvalue weighted by Crippen LogP contribution is 2.19. The van der Waals surface area contributed by atoms with Gasteiger partial charge in [0, 0.05) is 24.7 Å². The Hall–Kier alpha value is -1.35. The molecule has 0 spiro atoms. The number of hydrogen-bond acceptors (Lipinski definition) is 2. The van der Waals surface area contributed by atoms with Crippen LogP contribution < -0.4 is 5.73 Å². The fourth-order valence-corrected chi connectivity index (χ4v) is 2.23. The molecule has 1 amide bonds. The second kappa shape index (κ2) is 4.66. The molecule has 1 aliphatic rings. The first-order chi connectivity index (χ1) is 7.72. The molecule has 3 heteroatoms. The standard InChI is InChI=1S/C13H18N2O/c1-10-4-3-7-15(10)13(16)12-6-2-5-11(8-12)9-14/h2,5-6,8,10H,3-4,7,9,14H2,1H3/t10-/m1/s1. The monoisotopic (exact) mass is 218 g/mol. The average molecular weight is 218 g/mol. The molecule has 1 atom stereocenters. The van der Waals surface area contributed by atoms with Crippen molar-refractivity contribution in [2.75, 3.05) is 6.54 Å². The van der Waals surface area contributed by atoms with E-state index < -0.39 is 0 Å². The quantitative estimate of drug-likeness (QED) is 0.822. The molecule has 86 valence electrons. The van der Waals surface area contributed by atoms with Gasteiger partial charge in [-0.25, -0.2) is 0 Å². The van der Waals surface area contributed by atoms with Crippen LogP contribution in [0.3, 0.4) is 0 Å². The lowest BCUT2D eigenvalue weighted by Gasteiger charge is -2.21. The summed E-state index contributed by atoms with van der Waals surface area (Å²) < 4.78 is 0. The van der Waals surface area contributed by atoms with Crippen molar-refractivity contribution in [2.45, 2.75) is 32.4 Å². The SMILES string of the molecule is C[C@@H]1CCCN1C(=O)c1cccc(CN)c1. The summed E-state index contributed by atoms with van der Waals surface area (Å²) in [7, 11) is 0. The summed E-state index contributed by atoms with van der Waals surface area (Å²) in [5.74, 6) is 0.139. The van der Waals surface area contributed by atoms with Crippen LogP contribution in [0.25, 0.3) is 0 Å². The molecule has 1 aliphatic heterocycles. The van der Waals surface area contributed by atoms with Crippen LogP contribution in [0.1, 0.15) is 35.7 Å². The molecule has 0 unspecified atom stereocenters. The van der Waals surface area contributed by atoms with Gasteiger partial charge in [0.1, 0.15) is 0 Å². The fraction of sp³-hybridized carbons (Fsp3) is 0.462. The third-order valence-corrected chi connectivity index (χ3v) is 3.22. The Labute approximate surface area is 96.2 Å². The van der Waals surface area contributed by atoms with Crippen LogP contribution in [0.2, 0.25) is 0 Å². The minimum absolute atomic E-state index is 0.139. The zero-order valence-electron chi connectivity index (χ0n) is 9.65. The largest absolute Gasteiger partial charge is 0.336 e. The molecule has 2 rings (SSSR count). The van der Waals surface area contributed by atoms with Crippen molar-refractivity contribution in [3.05, 3.63) is 35.4 Å². The second-order valence-electron chi connectivity index (χ2n) is 4.39. The lowest BCUT2D eigenvalue weighted by Crippen LogP contribution is -2.33. The van der Waals surface area contributed by atoms with E-state index >= 15 is 0 Å². The van der Waals surface area contributed by atoms with Gasteiger partial charge in [-0.3, -0.25) is 4.79 Å². The van der Waals surface area contributed by atoms with Gasteiger partial charge in [-0.05, 0) is 37.5 Å². The summed E-state index contributed by atoms with van der Waals surface area (Å²) in [4.78, 5) is 14.2. The van der Waals surface area contributed by atoms with Gasteiger partial charge in [-0.1, -0.05) is 12.1 Å². The molecule has 0 radical (unpaired) electrons. The fourth-order valence-electron chi connectivity index (χ4n) is 2.23. The van der Waals surface area contributed by atoms with Crippen LogP contribution in [-0.4, -0.2) is 23.4 Å². The van der Waals surface area contributed by atoms with E-state index in [0.717, 1.165) is 30.5 Å². The molecule has 1 fully saturated rings. The topological polar surface area (TPSA) is 46.3 Å². The van der Waals surface area contributed by atoms with Gasteiger partial charge in [-0.2, -0.15) is 0 Å². The summed E-state index contributed by atoms with van der Waals surface area (Å²) in [6, 6.07) is 7.98. The minimum Gasteiger partial charge on any atom is -0.336 e. The Bertz CT molecular complexity index is 389. The smallest absolute Gasteiger partial charge is 0.254 e. The van der Waals surface area contributed by atoms with Gasteiger partial charge < -0.3 is 10.6 Å². The Morgan fingerprint density at radius 2 is 2.38 bits per heavy atom. The van der Waals surface area contributed by atoms with Gasteiger partial charge >= 0.3 is 0 Å². The van der Waals surface area contributed by atoms with Gasteiger partial charge in [0.2, 0.25) is 0 Å². The third-order valence-electron chi connectivity index (χ3n) is 3.22. The molecule has 0 aliphatic carbocycles. The molecule has 0 aromatic heterocycles. The van der Waals surface area contributed by atoms with Crippen LogP contribution in [-0.2, 0) is 6.54 Å². The first-order valence-electron chi connectivity index (χ1n) is 5.82. The number of carbonyl (C=O) groups excluding carboxylic acids is 1. The number of rotatable bonds is 2. The maximum atomic E-state index is 12.2.